The van der Waals surface area contributed by atoms with Gasteiger partial charge in [-0.3, -0.25) is 4.79 Å². The van der Waals surface area contributed by atoms with Crippen molar-refractivity contribution in [3.63, 3.8) is 0 Å². The van der Waals surface area contributed by atoms with Gasteiger partial charge in [0.1, 0.15) is 18.2 Å². The summed E-state index contributed by atoms with van der Waals surface area (Å²) in [5.74, 6) is 1.31. The Morgan fingerprint density at radius 1 is 1.07 bits per heavy atom. The van der Waals surface area contributed by atoms with Crippen LogP contribution in [0.3, 0.4) is 0 Å². The summed E-state index contributed by atoms with van der Waals surface area (Å²) < 4.78 is 7.99. The van der Waals surface area contributed by atoms with Gasteiger partial charge in [-0.25, -0.2) is 4.98 Å². The molecule has 150 valence electrons. The molecule has 4 aromatic rings. The Labute approximate surface area is 182 Å². The molecule has 0 aliphatic carbocycles. The van der Waals surface area contributed by atoms with Gasteiger partial charge in [0.25, 0.3) is 5.56 Å². The van der Waals surface area contributed by atoms with Crippen LogP contribution in [-0.4, -0.2) is 15.9 Å². The molecule has 0 saturated heterocycles. The van der Waals surface area contributed by atoms with Gasteiger partial charge in [-0.15, -0.1) is 0 Å². The fourth-order valence-electron chi connectivity index (χ4n) is 3.14. The van der Waals surface area contributed by atoms with Crippen LogP contribution in [0.5, 0.6) is 5.75 Å². The van der Waals surface area contributed by atoms with E-state index < -0.39 is 0 Å². The highest BCUT2D eigenvalue weighted by Crippen LogP contribution is 2.16. The van der Waals surface area contributed by atoms with Crippen molar-refractivity contribution in [3.05, 3.63) is 104 Å². The van der Waals surface area contributed by atoms with Crippen LogP contribution in [0.2, 0.25) is 0 Å². The number of fused-ring (bicyclic) bond motifs is 1. The van der Waals surface area contributed by atoms with Crippen LogP contribution in [0, 0.1) is 13.8 Å². The summed E-state index contributed by atoms with van der Waals surface area (Å²) in [6.45, 7) is 4.35. The molecule has 1 heterocycles. The summed E-state index contributed by atoms with van der Waals surface area (Å²) in [5.41, 5.74) is 3.66. The minimum atomic E-state index is -0.201. The quantitative estimate of drug-likeness (QED) is 0.382. The zero-order valence-corrected chi connectivity index (χ0v) is 18.3. The first kappa shape index (κ1) is 20.0. The molecule has 3 aromatic carbocycles. The second-order valence-corrected chi connectivity index (χ2v) is 7.94. The molecule has 0 aliphatic heterocycles. The van der Waals surface area contributed by atoms with Gasteiger partial charge in [0.2, 0.25) is 0 Å². The standard InChI is InChI=1S/C24H20BrN3O2/c1-16-4-3-5-19(12-16)15-30-21-9-6-18(7-10-21)14-26-28-17(2)27-23-11-8-20(25)13-22(23)24(28)29/h3-14H,15H2,1-2H3. The number of hydrogen-bond donors (Lipinski definition) is 0. The number of aromatic nitrogens is 2. The van der Waals surface area contributed by atoms with Gasteiger partial charge < -0.3 is 4.74 Å². The highest BCUT2D eigenvalue weighted by molar-refractivity contribution is 9.10. The molecule has 0 bridgehead atoms. The first-order valence-electron chi connectivity index (χ1n) is 9.51. The van der Waals surface area contributed by atoms with Crippen LogP contribution in [0.4, 0.5) is 0 Å². The third-order valence-corrected chi connectivity index (χ3v) is 5.15. The molecule has 0 fully saturated rings. The number of hydrogen-bond acceptors (Lipinski definition) is 4. The van der Waals surface area contributed by atoms with Gasteiger partial charge in [-0.2, -0.15) is 9.78 Å². The van der Waals surface area contributed by atoms with Crippen LogP contribution >= 0.6 is 15.9 Å². The van der Waals surface area contributed by atoms with E-state index >= 15 is 0 Å². The summed E-state index contributed by atoms with van der Waals surface area (Å²) in [5, 5.41) is 4.87. The fraction of sp³-hybridized carbons (Fsp3) is 0.125. The van der Waals surface area contributed by atoms with Gasteiger partial charge in [0.05, 0.1) is 17.1 Å². The third-order valence-electron chi connectivity index (χ3n) is 4.66. The normalized spacial score (nSPS) is 11.3. The summed E-state index contributed by atoms with van der Waals surface area (Å²) in [4.78, 5) is 17.3. The average Bonchev–Trinajstić information content (AvgIpc) is 2.74. The predicted molar refractivity (Wildman–Crippen MR) is 123 cm³/mol. The third kappa shape index (κ3) is 4.49. The molecule has 5 nitrogen and oxygen atoms in total. The van der Waals surface area contributed by atoms with E-state index in [4.69, 9.17) is 4.74 Å². The van der Waals surface area contributed by atoms with Gasteiger partial charge in [-0.05, 0) is 67.4 Å². The molecular formula is C24H20BrN3O2. The molecule has 0 atom stereocenters. The lowest BCUT2D eigenvalue weighted by atomic mass is 10.1. The average molecular weight is 462 g/mol. The Morgan fingerprint density at radius 3 is 2.63 bits per heavy atom. The van der Waals surface area contributed by atoms with Crippen LogP contribution < -0.4 is 10.3 Å². The van der Waals surface area contributed by atoms with Crippen LogP contribution in [-0.2, 0) is 6.61 Å². The SMILES string of the molecule is Cc1cccc(COc2ccc(C=Nn3c(C)nc4ccc(Br)cc4c3=O)cc2)c1. The number of benzene rings is 3. The minimum absolute atomic E-state index is 0.201. The Balaban J connectivity index is 1.51. The van der Waals surface area contributed by atoms with E-state index in [1.165, 1.54) is 10.2 Å². The molecular weight excluding hydrogens is 442 g/mol. The van der Waals surface area contributed by atoms with Gasteiger partial charge in [0, 0.05) is 4.47 Å². The van der Waals surface area contributed by atoms with Crippen molar-refractivity contribution in [2.24, 2.45) is 5.10 Å². The maximum absolute atomic E-state index is 12.8. The fourth-order valence-corrected chi connectivity index (χ4v) is 3.50. The molecule has 0 aliphatic rings. The summed E-state index contributed by atoms with van der Waals surface area (Å²) in [6.07, 6.45) is 1.64. The maximum Gasteiger partial charge on any atom is 0.282 e. The number of nitrogens with zero attached hydrogens (tertiary/aromatic N) is 3. The topological polar surface area (TPSA) is 56.5 Å². The zero-order chi connectivity index (χ0) is 21.1. The molecule has 0 spiro atoms. The second-order valence-electron chi connectivity index (χ2n) is 7.03. The second kappa shape index (κ2) is 8.63. The number of rotatable bonds is 5. The Hall–Kier alpha value is -3.25. The zero-order valence-electron chi connectivity index (χ0n) is 16.7. The van der Waals surface area contributed by atoms with E-state index in [9.17, 15) is 4.79 Å². The van der Waals surface area contributed by atoms with Crippen molar-refractivity contribution in [2.45, 2.75) is 20.5 Å². The summed E-state index contributed by atoms with van der Waals surface area (Å²) in [6, 6.07) is 21.3. The van der Waals surface area contributed by atoms with Gasteiger partial charge in [0.15, 0.2) is 0 Å². The molecule has 0 unspecified atom stereocenters. The Bertz CT molecular complexity index is 1290. The Morgan fingerprint density at radius 2 is 1.87 bits per heavy atom. The van der Waals surface area contributed by atoms with Crippen molar-refractivity contribution in [1.29, 1.82) is 0 Å². The number of halogens is 1. The number of ether oxygens (including phenoxy) is 1. The Kier molecular flexibility index (Phi) is 5.77. The van der Waals surface area contributed by atoms with Gasteiger partial charge >= 0.3 is 0 Å². The van der Waals surface area contributed by atoms with Crippen molar-refractivity contribution in [3.8, 4) is 5.75 Å². The van der Waals surface area contributed by atoms with Crippen LogP contribution in [0.25, 0.3) is 10.9 Å². The van der Waals surface area contributed by atoms with E-state index in [1.54, 1.807) is 19.2 Å². The molecule has 1 aromatic heterocycles. The van der Waals surface area contributed by atoms with Crippen LogP contribution in [0.1, 0.15) is 22.5 Å². The molecule has 6 heteroatoms. The lowest BCUT2D eigenvalue weighted by Gasteiger charge is -2.07. The monoisotopic (exact) mass is 461 g/mol. The largest absolute Gasteiger partial charge is 0.489 e. The van der Waals surface area contributed by atoms with E-state index in [2.05, 4.69) is 45.1 Å². The highest BCUT2D eigenvalue weighted by Gasteiger charge is 2.07. The molecule has 0 saturated carbocycles. The van der Waals surface area contributed by atoms with E-state index in [1.807, 2.05) is 48.5 Å². The molecule has 0 N–H and O–H groups in total. The molecule has 0 amide bonds. The molecule has 4 rings (SSSR count). The van der Waals surface area contributed by atoms with Crippen molar-refractivity contribution in [1.82, 2.24) is 9.66 Å². The summed E-state index contributed by atoms with van der Waals surface area (Å²) >= 11 is 3.40. The lowest BCUT2D eigenvalue weighted by Crippen LogP contribution is -2.20. The van der Waals surface area contributed by atoms with Crippen molar-refractivity contribution in [2.75, 3.05) is 0 Å². The first-order valence-corrected chi connectivity index (χ1v) is 10.3. The van der Waals surface area contributed by atoms with Crippen molar-refractivity contribution < 1.29 is 4.74 Å². The maximum atomic E-state index is 12.8. The minimum Gasteiger partial charge on any atom is -0.489 e. The lowest BCUT2D eigenvalue weighted by molar-refractivity contribution is 0.306. The molecule has 30 heavy (non-hydrogen) atoms. The predicted octanol–water partition coefficient (Wildman–Crippen LogP) is 5.24. The number of aryl methyl sites for hydroxylation is 2. The van der Waals surface area contributed by atoms with Crippen molar-refractivity contribution >= 4 is 33.0 Å². The smallest absolute Gasteiger partial charge is 0.282 e. The molecule has 0 radical (unpaired) electrons. The first-order chi connectivity index (χ1) is 14.5. The van der Waals surface area contributed by atoms with E-state index in [0.29, 0.717) is 23.3 Å². The highest BCUT2D eigenvalue weighted by atomic mass is 79.9. The van der Waals surface area contributed by atoms with Crippen LogP contribution in [0.15, 0.2) is 81.1 Å². The van der Waals surface area contributed by atoms with E-state index in [-0.39, 0.29) is 5.56 Å². The van der Waals surface area contributed by atoms with E-state index in [0.717, 1.165) is 21.3 Å². The summed E-state index contributed by atoms with van der Waals surface area (Å²) in [7, 11) is 0. The van der Waals surface area contributed by atoms with Gasteiger partial charge in [-0.1, -0.05) is 45.8 Å².